The number of ether oxygens (including phenoxy) is 1. The molecule has 0 saturated carbocycles. The van der Waals surface area contributed by atoms with Gasteiger partial charge in [-0.25, -0.2) is 0 Å². The maximum absolute atomic E-state index is 12.0. The van der Waals surface area contributed by atoms with E-state index in [0.717, 1.165) is 0 Å². The number of carbonyl (C=O) groups is 1. The number of aromatic nitrogens is 1. The van der Waals surface area contributed by atoms with Crippen LogP contribution in [0.15, 0.2) is 29.9 Å². The Balaban J connectivity index is 2.20. The smallest absolute Gasteiger partial charge is 0.269 e. The molecule has 0 bridgehead atoms. The maximum atomic E-state index is 12.0. The molecule has 2 heterocycles. The normalized spacial score (nSPS) is 9.94. The third-order valence-electron chi connectivity index (χ3n) is 2.16. The van der Waals surface area contributed by atoms with E-state index >= 15 is 0 Å². The summed E-state index contributed by atoms with van der Waals surface area (Å²) >= 11 is 1.31. The molecular weight excluding hydrogens is 238 g/mol. The van der Waals surface area contributed by atoms with Gasteiger partial charge in [0.15, 0.2) is 0 Å². The average Bonchev–Trinajstić information content (AvgIpc) is 2.80. The summed E-state index contributed by atoms with van der Waals surface area (Å²) in [4.78, 5) is 16.3. The zero-order chi connectivity index (χ0) is 12.3. The fraction of sp³-hybridized carbons (Fsp3) is 0.0909. The molecule has 3 N–H and O–H groups in total. The molecule has 0 spiro atoms. The van der Waals surface area contributed by atoms with Gasteiger partial charge < -0.3 is 15.8 Å². The standard InChI is InChI=1S/C11H11N3O2S/c1-16-9-3-5-17-10(9)11(15)14-8-2-4-13-6-7(8)12/h2-6H,12H2,1H3,(H,13,14,15). The highest BCUT2D eigenvalue weighted by molar-refractivity contribution is 7.12. The van der Waals surface area contributed by atoms with Crippen LogP contribution in [0.3, 0.4) is 0 Å². The van der Waals surface area contributed by atoms with Crippen LogP contribution in [0.25, 0.3) is 0 Å². The SMILES string of the molecule is COc1ccsc1C(=O)Nc1ccncc1N. The molecule has 88 valence electrons. The quantitative estimate of drug-likeness (QED) is 0.872. The average molecular weight is 249 g/mol. The first-order valence-electron chi connectivity index (χ1n) is 4.84. The number of nitrogens with zero attached hydrogens (tertiary/aromatic N) is 1. The number of nitrogens with two attached hydrogens (primary N) is 1. The molecule has 6 heteroatoms. The molecule has 0 saturated heterocycles. The van der Waals surface area contributed by atoms with Crippen molar-refractivity contribution in [2.45, 2.75) is 0 Å². The van der Waals surface area contributed by atoms with Gasteiger partial charge in [0, 0.05) is 6.20 Å². The number of methoxy groups -OCH3 is 1. The molecule has 2 aromatic heterocycles. The fourth-order valence-corrected chi connectivity index (χ4v) is 2.08. The van der Waals surface area contributed by atoms with Crippen molar-refractivity contribution in [1.82, 2.24) is 4.98 Å². The van der Waals surface area contributed by atoms with Crippen LogP contribution in [-0.4, -0.2) is 18.0 Å². The molecule has 2 aromatic rings. The van der Waals surface area contributed by atoms with Gasteiger partial charge in [-0.05, 0) is 17.5 Å². The lowest BCUT2D eigenvalue weighted by atomic mass is 10.3. The van der Waals surface area contributed by atoms with E-state index in [9.17, 15) is 4.79 Å². The highest BCUT2D eigenvalue weighted by atomic mass is 32.1. The Hall–Kier alpha value is -2.08. The van der Waals surface area contributed by atoms with Crippen LogP contribution in [-0.2, 0) is 0 Å². The Kier molecular flexibility index (Phi) is 3.24. The van der Waals surface area contributed by atoms with Crippen molar-refractivity contribution >= 4 is 28.6 Å². The molecule has 0 atom stereocenters. The Morgan fingerprint density at radius 3 is 3.06 bits per heavy atom. The molecule has 0 unspecified atom stereocenters. The lowest BCUT2D eigenvalue weighted by molar-refractivity contribution is 0.102. The Bertz CT molecular complexity index is 539. The summed E-state index contributed by atoms with van der Waals surface area (Å²) in [6.07, 6.45) is 3.05. The summed E-state index contributed by atoms with van der Waals surface area (Å²) in [6, 6.07) is 3.39. The summed E-state index contributed by atoms with van der Waals surface area (Å²) < 4.78 is 5.08. The van der Waals surface area contributed by atoms with Crippen molar-refractivity contribution in [2.24, 2.45) is 0 Å². The third kappa shape index (κ3) is 2.36. The number of carbonyl (C=O) groups excluding carboxylic acids is 1. The van der Waals surface area contributed by atoms with Gasteiger partial charge in [0.1, 0.15) is 10.6 Å². The van der Waals surface area contributed by atoms with Crippen molar-refractivity contribution < 1.29 is 9.53 Å². The highest BCUT2D eigenvalue weighted by Gasteiger charge is 2.14. The number of rotatable bonds is 3. The van der Waals surface area contributed by atoms with E-state index < -0.39 is 0 Å². The minimum Gasteiger partial charge on any atom is -0.495 e. The third-order valence-corrected chi connectivity index (χ3v) is 3.05. The van der Waals surface area contributed by atoms with Crippen LogP contribution in [0.4, 0.5) is 11.4 Å². The van der Waals surface area contributed by atoms with Crippen molar-refractivity contribution in [3.63, 3.8) is 0 Å². The molecule has 0 fully saturated rings. The van der Waals surface area contributed by atoms with E-state index in [1.165, 1.54) is 24.6 Å². The van der Waals surface area contributed by atoms with Gasteiger partial charge in [-0.3, -0.25) is 9.78 Å². The van der Waals surface area contributed by atoms with Crippen molar-refractivity contribution in [2.75, 3.05) is 18.2 Å². The van der Waals surface area contributed by atoms with E-state index in [1.54, 1.807) is 23.7 Å². The molecule has 0 aliphatic rings. The summed E-state index contributed by atoms with van der Waals surface area (Å²) in [6.45, 7) is 0. The van der Waals surface area contributed by atoms with Crippen LogP contribution < -0.4 is 15.8 Å². The number of thiophene rings is 1. The van der Waals surface area contributed by atoms with E-state index in [0.29, 0.717) is 22.0 Å². The minimum atomic E-state index is -0.241. The fourth-order valence-electron chi connectivity index (χ4n) is 1.32. The predicted octanol–water partition coefficient (Wildman–Crippen LogP) is 1.99. The van der Waals surface area contributed by atoms with Gasteiger partial charge in [0.25, 0.3) is 5.91 Å². The second-order valence-electron chi connectivity index (χ2n) is 3.24. The molecule has 0 radical (unpaired) electrons. The Morgan fingerprint density at radius 2 is 2.35 bits per heavy atom. The summed E-state index contributed by atoms with van der Waals surface area (Å²) in [5.41, 5.74) is 6.66. The number of nitrogens with one attached hydrogen (secondary N) is 1. The molecular formula is C11H11N3O2S. The monoisotopic (exact) mass is 249 g/mol. The lowest BCUT2D eigenvalue weighted by Gasteiger charge is -2.07. The van der Waals surface area contributed by atoms with E-state index in [1.807, 2.05) is 0 Å². The highest BCUT2D eigenvalue weighted by Crippen LogP contribution is 2.26. The zero-order valence-corrected chi connectivity index (χ0v) is 9.95. The maximum Gasteiger partial charge on any atom is 0.269 e. The van der Waals surface area contributed by atoms with Crippen LogP contribution in [0, 0.1) is 0 Å². The van der Waals surface area contributed by atoms with Gasteiger partial charge in [-0.2, -0.15) is 0 Å². The molecule has 1 amide bonds. The second kappa shape index (κ2) is 4.84. The van der Waals surface area contributed by atoms with Crippen LogP contribution >= 0.6 is 11.3 Å². The number of hydrogen-bond acceptors (Lipinski definition) is 5. The summed E-state index contributed by atoms with van der Waals surface area (Å²) in [7, 11) is 1.53. The van der Waals surface area contributed by atoms with Crippen LogP contribution in [0.5, 0.6) is 5.75 Å². The van der Waals surface area contributed by atoms with Crippen molar-refractivity contribution in [3.8, 4) is 5.75 Å². The van der Waals surface area contributed by atoms with E-state index in [-0.39, 0.29) is 5.91 Å². The minimum absolute atomic E-state index is 0.241. The van der Waals surface area contributed by atoms with Crippen molar-refractivity contribution in [3.05, 3.63) is 34.8 Å². The molecule has 0 aliphatic carbocycles. The predicted molar refractivity (Wildman–Crippen MR) is 67.5 cm³/mol. The number of hydrogen-bond donors (Lipinski definition) is 2. The first-order chi connectivity index (χ1) is 8.22. The zero-order valence-electron chi connectivity index (χ0n) is 9.14. The van der Waals surface area contributed by atoms with Gasteiger partial charge >= 0.3 is 0 Å². The summed E-state index contributed by atoms with van der Waals surface area (Å²) in [5, 5.41) is 4.51. The van der Waals surface area contributed by atoms with Crippen LogP contribution in [0.1, 0.15) is 9.67 Å². The van der Waals surface area contributed by atoms with Gasteiger partial charge in [0.2, 0.25) is 0 Å². The Morgan fingerprint density at radius 1 is 1.53 bits per heavy atom. The first-order valence-corrected chi connectivity index (χ1v) is 5.72. The number of anilines is 2. The van der Waals surface area contributed by atoms with Gasteiger partial charge in [-0.1, -0.05) is 0 Å². The first kappa shape index (κ1) is 11.4. The number of pyridine rings is 1. The van der Waals surface area contributed by atoms with E-state index in [4.69, 9.17) is 10.5 Å². The second-order valence-corrected chi connectivity index (χ2v) is 4.15. The Labute approximate surface area is 102 Å². The molecule has 2 rings (SSSR count). The topological polar surface area (TPSA) is 77.2 Å². The molecule has 17 heavy (non-hydrogen) atoms. The lowest BCUT2D eigenvalue weighted by Crippen LogP contribution is -2.12. The van der Waals surface area contributed by atoms with E-state index in [2.05, 4.69) is 10.3 Å². The molecule has 0 aliphatic heterocycles. The van der Waals surface area contributed by atoms with Gasteiger partial charge in [0.05, 0.1) is 24.7 Å². The number of nitrogen functional groups attached to an aromatic ring is 1. The van der Waals surface area contributed by atoms with Gasteiger partial charge in [-0.15, -0.1) is 11.3 Å². The van der Waals surface area contributed by atoms with Crippen molar-refractivity contribution in [1.29, 1.82) is 0 Å². The number of amides is 1. The molecule has 0 aromatic carbocycles. The summed E-state index contributed by atoms with van der Waals surface area (Å²) in [5.74, 6) is 0.315. The molecule has 5 nitrogen and oxygen atoms in total. The van der Waals surface area contributed by atoms with Crippen LogP contribution in [0.2, 0.25) is 0 Å². The largest absolute Gasteiger partial charge is 0.495 e.